The molecule has 1 atom stereocenters. The van der Waals surface area contributed by atoms with Crippen LogP contribution in [0.25, 0.3) is 5.57 Å². The molecule has 0 saturated carbocycles. The van der Waals surface area contributed by atoms with Gasteiger partial charge in [0.1, 0.15) is 5.75 Å². The lowest BCUT2D eigenvalue weighted by molar-refractivity contribution is -0.118. The van der Waals surface area contributed by atoms with E-state index in [1.165, 1.54) is 37.7 Å². The van der Waals surface area contributed by atoms with Gasteiger partial charge >= 0.3 is 0 Å². The minimum absolute atomic E-state index is 0.251. The first-order valence-corrected chi connectivity index (χ1v) is 9.72. The predicted molar refractivity (Wildman–Crippen MR) is 101 cm³/mol. The van der Waals surface area contributed by atoms with Crippen molar-refractivity contribution in [3.8, 4) is 5.75 Å². The number of ketones is 1. The third kappa shape index (κ3) is 5.81. The van der Waals surface area contributed by atoms with Crippen molar-refractivity contribution in [1.29, 1.82) is 0 Å². The number of rotatable bonds is 10. The van der Waals surface area contributed by atoms with Crippen LogP contribution in [-0.2, 0) is 4.79 Å². The molecule has 0 saturated heterocycles. The van der Waals surface area contributed by atoms with Gasteiger partial charge in [-0.2, -0.15) is 0 Å². The topological polar surface area (TPSA) is 26.3 Å². The summed E-state index contributed by atoms with van der Waals surface area (Å²) in [6.45, 7) is 5.19. The second-order valence-corrected chi connectivity index (χ2v) is 6.88. The van der Waals surface area contributed by atoms with Gasteiger partial charge in [0.25, 0.3) is 0 Å². The average molecular weight is 328 g/mol. The van der Waals surface area contributed by atoms with Gasteiger partial charge in [0, 0.05) is 5.92 Å². The Balaban J connectivity index is 1.87. The molecule has 0 amide bonds. The highest BCUT2D eigenvalue weighted by Gasteiger charge is 2.22. The van der Waals surface area contributed by atoms with Crippen molar-refractivity contribution in [1.82, 2.24) is 0 Å². The maximum Gasteiger partial charge on any atom is 0.159 e. The van der Waals surface area contributed by atoms with Gasteiger partial charge in [-0.1, -0.05) is 58.1 Å². The Bertz CT molecular complexity index is 527. The van der Waals surface area contributed by atoms with Crippen LogP contribution in [0.15, 0.2) is 30.3 Å². The zero-order chi connectivity index (χ0) is 17.2. The Kier molecular flexibility index (Phi) is 8.07. The molecule has 1 aliphatic carbocycles. The van der Waals surface area contributed by atoms with Gasteiger partial charge in [-0.15, -0.1) is 0 Å². The lowest BCUT2D eigenvalue weighted by Gasteiger charge is -2.21. The molecule has 2 heteroatoms. The van der Waals surface area contributed by atoms with Gasteiger partial charge in [0.15, 0.2) is 5.78 Å². The molecular weight excluding hydrogens is 296 g/mol. The van der Waals surface area contributed by atoms with E-state index in [0.717, 1.165) is 43.6 Å². The molecule has 132 valence electrons. The van der Waals surface area contributed by atoms with Crippen LogP contribution in [0.3, 0.4) is 0 Å². The molecule has 1 aromatic rings. The van der Waals surface area contributed by atoms with Crippen LogP contribution in [0, 0.1) is 5.92 Å². The molecule has 0 radical (unpaired) electrons. The minimum atomic E-state index is 0.251. The quantitative estimate of drug-likeness (QED) is 0.478. The van der Waals surface area contributed by atoms with Crippen molar-refractivity contribution < 1.29 is 9.53 Å². The average Bonchev–Trinajstić information content (AvgIpc) is 2.61. The standard InChI is InChI=1S/C22H32O2/c1-3-5-7-9-19-10-11-20(17-22(19)23)18-12-14-21(15-13-18)24-16-8-6-4-2/h12-15,17,19H,3-11,16H2,1-2H3. The monoisotopic (exact) mass is 328 g/mol. The van der Waals surface area contributed by atoms with Crippen LogP contribution in [0.4, 0.5) is 0 Å². The predicted octanol–water partition coefficient (Wildman–Crippen LogP) is 6.20. The minimum Gasteiger partial charge on any atom is -0.494 e. The normalized spacial score (nSPS) is 17.7. The van der Waals surface area contributed by atoms with Crippen LogP contribution in [-0.4, -0.2) is 12.4 Å². The molecule has 0 heterocycles. The van der Waals surface area contributed by atoms with Crippen LogP contribution in [0.1, 0.15) is 77.2 Å². The summed E-state index contributed by atoms with van der Waals surface area (Å²) in [5, 5.41) is 0. The number of allylic oxidation sites excluding steroid dienone is 2. The number of carbonyl (C=O) groups excluding carboxylic acids is 1. The maximum absolute atomic E-state index is 12.3. The van der Waals surface area contributed by atoms with Crippen LogP contribution in [0.2, 0.25) is 0 Å². The summed E-state index contributed by atoms with van der Waals surface area (Å²) >= 11 is 0. The fourth-order valence-electron chi connectivity index (χ4n) is 3.30. The summed E-state index contributed by atoms with van der Waals surface area (Å²) in [5.41, 5.74) is 2.35. The molecule has 0 N–H and O–H groups in total. The second kappa shape index (κ2) is 10.3. The molecule has 0 aliphatic heterocycles. The number of benzene rings is 1. The molecule has 0 bridgehead atoms. The van der Waals surface area contributed by atoms with Crippen molar-refractivity contribution in [2.45, 2.75) is 71.6 Å². The molecule has 2 nitrogen and oxygen atoms in total. The maximum atomic E-state index is 12.3. The molecule has 2 rings (SSSR count). The van der Waals surface area contributed by atoms with Crippen molar-refractivity contribution in [2.75, 3.05) is 6.61 Å². The van der Waals surface area contributed by atoms with Gasteiger partial charge in [-0.05, 0) is 55.0 Å². The summed E-state index contributed by atoms with van der Waals surface area (Å²) in [5.74, 6) is 1.50. The fraction of sp³-hybridized carbons (Fsp3) is 0.591. The van der Waals surface area contributed by atoms with E-state index in [0.29, 0.717) is 5.78 Å². The van der Waals surface area contributed by atoms with E-state index in [1.54, 1.807) is 0 Å². The lowest BCUT2D eigenvalue weighted by atomic mass is 9.83. The fourth-order valence-corrected chi connectivity index (χ4v) is 3.30. The molecule has 0 spiro atoms. The largest absolute Gasteiger partial charge is 0.494 e. The highest BCUT2D eigenvalue weighted by Crippen LogP contribution is 2.31. The zero-order valence-electron chi connectivity index (χ0n) is 15.4. The highest BCUT2D eigenvalue weighted by atomic mass is 16.5. The smallest absolute Gasteiger partial charge is 0.159 e. The number of hydrogen-bond acceptors (Lipinski definition) is 2. The molecule has 1 unspecified atom stereocenters. The number of carbonyl (C=O) groups is 1. The van der Waals surface area contributed by atoms with E-state index in [1.807, 2.05) is 18.2 Å². The second-order valence-electron chi connectivity index (χ2n) is 6.88. The van der Waals surface area contributed by atoms with Gasteiger partial charge in [0.05, 0.1) is 6.61 Å². The van der Waals surface area contributed by atoms with E-state index in [9.17, 15) is 4.79 Å². The van der Waals surface area contributed by atoms with Crippen molar-refractivity contribution >= 4 is 11.4 Å². The Labute approximate surface area is 147 Å². The van der Waals surface area contributed by atoms with E-state index in [2.05, 4.69) is 26.0 Å². The Morgan fingerprint density at radius 3 is 2.38 bits per heavy atom. The molecule has 0 aromatic heterocycles. The zero-order valence-corrected chi connectivity index (χ0v) is 15.4. The molecule has 24 heavy (non-hydrogen) atoms. The lowest BCUT2D eigenvalue weighted by Crippen LogP contribution is -2.17. The third-order valence-electron chi connectivity index (χ3n) is 4.88. The number of unbranched alkanes of at least 4 members (excludes halogenated alkanes) is 4. The molecule has 1 aliphatic rings. The Morgan fingerprint density at radius 1 is 1.00 bits per heavy atom. The SMILES string of the molecule is CCCCCOc1ccc(C2=CC(=O)C(CCCCC)CC2)cc1. The van der Waals surface area contributed by atoms with Gasteiger partial charge in [-0.3, -0.25) is 4.79 Å². The first-order valence-electron chi connectivity index (χ1n) is 9.72. The van der Waals surface area contributed by atoms with E-state index < -0.39 is 0 Å². The number of ether oxygens (including phenoxy) is 1. The summed E-state index contributed by atoms with van der Waals surface area (Å²) < 4.78 is 5.76. The van der Waals surface area contributed by atoms with Crippen LogP contribution in [0.5, 0.6) is 5.75 Å². The van der Waals surface area contributed by atoms with Gasteiger partial charge in [-0.25, -0.2) is 0 Å². The Morgan fingerprint density at radius 2 is 1.71 bits per heavy atom. The molecule has 1 aromatic carbocycles. The van der Waals surface area contributed by atoms with Crippen molar-refractivity contribution in [3.63, 3.8) is 0 Å². The highest BCUT2D eigenvalue weighted by molar-refractivity contribution is 5.99. The summed E-state index contributed by atoms with van der Waals surface area (Å²) in [6.07, 6.45) is 12.1. The van der Waals surface area contributed by atoms with Crippen molar-refractivity contribution in [2.24, 2.45) is 5.92 Å². The summed E-state index contributed by atoms with van der Waals surface area (Å²) in [7, 11) is 0. The number of hydrogen-bond donors (Lipinski definition) is 0. The summed E-state index contributed by atoms with van der Waals surface area (Å²) in [6, 6.07) is 8.23. The third-order valence-corrected chi connectivity index (χ3v) is 4.88. The van der Waals surface area contributed by atoms with Crippen LogP contribution >= 0.6 is 0 Å². The van der Waals surface area contributed by atoms with E-state index in [4.69, 9.17) is 4.74 Å². The van der Waals surface area contributed by atoms with Gasteiger partial charge < -0.3 is 4.74 Å². The molecule has 0 fully saturated rings. The Hall–Kier alpha value is -1.57. The first-order chi connectivity index (χ1) is 11.7. The molecular formula is C22H32O2. The van der Waals surface area contributed by atoms with E-state index >= 15 is 0 Å². The summed E-state index contributed by atoms with van der Waals surface area (Å²) in [4.78, 5) is 12.3. The van der Waals surface area contributed by atoms with Crippen LogP contribution < -0.4 is 4.74 Å². The van der Waals surface area contributed by atoms with E-state index in [-0.39, 0.29) is 5.92 Å². The first kappa shape index (κ1) is 18.8. The van der Waals surface area contributed by atoms with Gasteiger partial charge in [0.2, 0.25) is 0 Å². The van der Waals surface area contributed by atoms with Crippen molar-refractivity contribution in [3.05, 3.63) is 35.9 Å².